The summed E-state index contributed by atoms with van der Waals surface area (Å²) in [6.45, 7) is 2.00. The average Bonchev–Trinajstić information content (AvgIpc) is 2.89. The Morgan fingerprint density at radius 2 is 2.00 bits per heavy atom. The molecule has 0 unspecified atom stereocenters. The van der Waals surface area contributed by atoms with Crippen molar-refractivity contribution in [2.24, 2.45) is 0 Å². The number of H-pyrrole nitrogens is 1. The van der Waals surface area contributed by atoms with Gasteiger partial charge in [0.15, 0.2) is 0 Å². The summed E-state index contributed by atoms with van der Waals surface area (Å²) >= 11 is 0. The molecule has 0 saturated heterocycles. The van der Waals surface area contributed by atoms with E-state index in [9.17, 15) is 13.2 Å². The van der Waals surface area contributed by atoms with Gasteiger partial charge in [-0.15, -0.1) is 0 Å². The van der Waals surface area contributed by atoms with E-state index in [4.69, 9.17) is 0 Å². The van der Waals surface area contributed by atoms with Gasteiger partial charge in [0.25, 0.3) is 0 Å². The molecule has 0 saturated carbocycles. The first kappa shape index (κ1) is 13.6. The molecule has 0 aliphatic rings. The van der Waals surface area contributed by atoms with Crippen molar-refractivity contribution in [2.75, 3.05) is 0 Å². The van der Waals surface area contributed by atoms with Gasteiger partial charge in [-0.05, 0) is 36.2 Å². The summed E-state index contributed by atoms with van der Waals surface area (Å²) < 4.78 is 38.0. The molecule has 0 amide bonds. The number of aromatic amines is 1. The van der Waals surface area contributed by atoms with Gasteiger partial charge in [-0.25, -0.2) is 4.98 Å². The zero-order valence-corrected chi connectivity index (χ0v) is 11.2. The zero-order chi connectivity index (χ0) is 15.0. The van der Waals surface area contributed by atoms with Crippen LogP contribution < -0.4 is 0 Å². The van der Waals surface area contributed by atoms with Crippen LogP contribution in [0.3, 0.4) is 0 Å². The van der Waals surface area contributed by atoms with Crippen LogP contribution in [0.5, 0.6) is 0 Å². The first-order valence-electron chi connectivity index (χ1n) is 6.49. The number of pyridine rings is 2. The summed E-state index contributed by atoms with van der Waals surface area (Å²) in [6.07, 6.45) is -0.228. The number of fused-ring (bicyclic) bond motifs is 1. The minimum absolute atomic E-state index is 0.235. The maximum absolute atomic E-state index is 12.7. The molecule has 21 heavy (non-hydrogen) atoms. The number of aromatic nitrogens is 3. The largest absolute Gasteiger partial charge is 0.433 e. The normalized spacial score (nSPS) is 12.0. The van der Waals surface area contributed by atoms with Gasteiger partial charge in [-0.1, -0.05) is 6.92 Å². The molecule has 0 atom stereocenters. The van der Waals surface area contributed by atoms with Crippen molar-refractivity contribution < 1.29 is 13.2 Å². The van der Waals surface area contributed by atoms with Crippen molar-refractivity contribution in [1.29, 1.82) is 0 Å². The minimum Gasteiger partial charge on any atom is -0.339 e. The van der Waals surface area contributed by atoms with Crippen LogP contribution in [0, 0.1) is 0 Å². The van der Waals surface area contributed by atoms with Crippen molar-refractivity contribution in [3.8, 4) is 11.3 Å². The summed E-state index contributed by atoms with van der Waals surface area (Å²) in [6, 6.07) is 6.07. The number of halogens is 3. The number of hydrogen-bond acceptors (Lipinski definition) is 2. The fourth-order valence-electron chi connectivity index (χ4n) is 2.28. The molecule has 3 nitrogen and oxygen atoms in total. The van der Waals surface area contributed by atoms with E-state index in [1.54, 1.807) is 18.5 Å². The van der Waals surface area contributed by atoms with Gasteiger partial charge in [0.1, 0.15) is 11.3 Å². The van der Waals surface area contributed by atoms with Crippen molar-refractivity contribution in [3.05, 3.63) is 47.9 Å². The third-order valence-electron chi connectivity index (χ3n) is 3.34. The summed E-state index contributed by atoms with van der Waals surface area (Å²) in [7, 11) is 0. The summed E-state index contributed by atoms with van der Waals surface area (Å²) in [5.41, 5.74) is 2.04. The molecule has 0 radical (unpaired) electrons. The number of nitrogens with one attached hydrogen (secondary N) is 1. The van der Waals surface area contributed by atoms with Crippen molar-refractivity contribution in [2.45, 2.75) is 19.5 Å². The third kappa shape index (κ3) is 2.49. The molecule has 6 heteroatoms. The fourth-order valence-corrected chi connectivity index (χ4v) is 2.28. The number of hydrogen-bond donors (Lipinski definition) is 1. The average molecular weight is 291 g/mol. The predicted octanol–water partition coefficient (Wildman–Crippen LogP) is 4.21. The zero-order valence-electron chi connectivity index (χ0n) is 11.2. The van der Waals surface area contributed by atoms with Gasteiger partial charge >= 0.3 is 6.18 Å². The number of alkyl halides is 3. The molecule has 0 bridgehead atoms. The molecule has 3 rings (SSSR count). The Balaban J connectivity index is 2.13. The van der Waals surface area contributed by atoms with Crippen molar-refractivity contribution in [1.82, 2.24) is 15.0 Å². The van der Waals surface area contributed by atoms with Gasteiger partial charge < -0.3 is 4.98 Å². The number of aryl methyl sites for hydroxylation is 1. The van der Waals surface area contributed by atoms with Crippen LogP contribution in [0.25, 0.3) is 22.3 Å². The predicted molar refractivity (Wildman–Crippen MR) is 73.7 cm³/mol. The molecule has 0 aliphatic heterocycles. The lowest BCUT2D eigenvalue weighted by molar-refractivity contribution is -0.141. The Hall–Kier alpha value is -2.37. The third-order valence-corrected chi connectivity index (χ3v) is 3.34. The molecule has 3 heterocycles. The van der Waals surface area contributed by atoms with E-state index in [1.165, 1.54) is 6.07 Å². The highest BCUT2D eigenvalue weighted by Gasteiger charge is 2.32. The molecule has 1 N–H and O–H groups in total. The van der Waals surface area contributed by atoms with Crippen LogP contribution >= 0.6 is 0 Å². The molecule has 3 aromatic heterocycles. The van der Waals surface area contributed by atoms with Crippen LogP contribution in [0.4, 0.5) is 13.2 Å². The monoisotopic (exact) mass is 291 g/mol. The van der Waals surface area contributed by atoms with Gasteiger partial charge in [-0.3, -0.25) is 4.98 Å². The Kier molecular flexibility index (Phi) is 3.16. The van der Waals surface area contributed by atoms with Crippen LogP contribution in [-0.4, -0.2) is 15.0 Å². The van der Waals surface area contributed by atoms with E-state index in [-0.39, 0.29) is 5.65 Å². The van der Waals surface area contributed by atoms with Crippen LogP contribution in [0.15, 0.2) is 36.7 Å². The number of rotatable bonds is 2. The van der Waals surface area contributed by atoms with Gasteiger partial charge in [-0.2, -0.15) is 13.2 Å². The molecule has 3 aromatic rings. The van der Waals surface area contributed by atoms with Gasteiger partial charge in [0, 0.05) is 29.0 Å². The van der Waals surface area contributed by atoms with E-state index in [2.05, 4.69) is 15.0 Å². The maximum Gasteiger partial charge on any atom is 0.433 e. The van der Waals surface area contributed by atoms with E-state index in [0.717, 1.165) is 29.3 Å². The Labute approximate surface area is 118 Å². The molecule has 0 fully saturated rings. The lowest BCUT2D eigenvalue weighted by atomic mass is 10.1. The molecule has 0 spiro atoms. The quantitative estimate of drug-likeness (QED) is 0.768. The highest BCUT2D eigenvalue weighted by atomic mass is 19.4. The Morgan fingerprint density at radius 1 is 1.19 bits per heavy atom. The van der Waals surface area contributed by atoms with Crippen LogP contribution in [0.1, 0.15) is 18.2 Å². The molecular weight excluding hydrogens is 279 g/mol. The molecule has 108 valence electrons. The smallest absolute Gasteiger partial charge is 0.339 e. The number of nitrogens with zero attached hydrogens (tertiary/aromatic N) is 2. The Bertz CT molecular complexity index is 790. The highest BCUT2D eigenvalue weighted by Crippen LogP contribution is 2.31. The maximum atomic E-state index is 12.7. The van der Waals surface area contributed by atoms with E-state index >= 15 is 0 Å². The second kappa shape index (κ2) is 4.87. The first-order chi connectivity index (χ1) is 9.99. The molecule has 0 aromatic carbocycles. The SMILES string of the molecule is CCc1cnccc1-c1cc2ccc(C(F)(F)F)nc2[nH]1. The summed E-state index contributed by atoms with van der Waals surface area (Å²) in [5, 5.41) is 0.650. The van der Waals surface area contributed by atoms with E-state index in [0.29, 0.717) is 5.39 Å². The highest BCUT2D eigenvalue weighted by molar-refractivity contribution is 5.83. The van der Waals surface area contributed by atoms with Gasteiger partial charge in [0.2, 0.25) is 0 Å². The minimum atomic E-state index is -4.44. The second-order valence-corrected chi connectivity index (χ2v) is 4.70. The lowest BCUT2D eigenvalue weighted by Crippen LogP contribution is -2.07. The topological polar surface area (TPSA) is 41.6 Å². The molecular formula is C15H12F3N3. The van der Waals surface area contributed by atoms with Crippen molar-refractivity contribution >= 4 is 11.0 Å². The summed E-state index contributed by atoms with van der Waals surface area (Å²) in [4.78, 5) is 10.7. The van der Waals surface area contributed by atoms with Crippen LogP contribution in [-0.2, 0) is 12.6 Å². The van der Waals surface area contributed by atoms with Crippen LogP contribution in [0.2, 0.25) is 0 Å². The van der Waals surface area contributed by atoms with Gasteiger partial charge in [0.05, 0.1) is 0 Å². The van der Waals surface area contributed by atoms with E-state index in [1.807, 2.05) is 13.0 Å². The second-order valence-electron chi connectivity index (χ2n) is 4.70. The lowest BCUT2D eigenvalue weighted by Gasteiger charge is -2.04. The first-order valence-corrected chi connectivity index (χ1v) is 6.49. The standard InChI is InChI=1S/C15H12F3N3/c1-2-9-8-19-6-5-11(9)12-7-10-3-4-13(15(16,17)18)21-14(10)20-12/h3-8H,2H2,1H3,(H,20,21). The fraction of sp³-hybridized carbons (Fsp3) is 0.200. The summed E-state index contributed by atoms with van der Waals surface area (Å²) in [5.74, 6) is 0. The van der Waals surface area contributed by atoms with Crippen molar-refractivity contribution in [3.63, 3.8) is 0 Å². The van der Waals surface area contributed by atoms with E-state index < -0.39 is 11.9 Å². The molecule has 0 aliphatic carbocycles. The Morgan fingerprint density at radius 3 is 2.71 bits per heavy atom.